The monoisotopic (exact) mass is 438 g/mol. The summed E-state index contributed by atoms with van der Waals surface area (Å²) in [7, 11) is 0. The van der Waals surface area contributed by atoms with Gasteiger partial charge in [0.15, 0.2) is 0 Å². The van der Waals surface area contributed by atoms with E-state index < -0.39 is 11.7 Å². The van der Waals surface area contributed by atoms with E-state index in [2.05, 4.69) is 17.1 Å². The number of carbonyl (C=O) groups excluding carboxylic acids is 3. The second-order valence-corrected chi connectivity index (χ2v) is 8.95. The molecule has 4 rings (SSSR count). The molecule has 32 heavy (non-hydrogen) atoms. The van der Waals surface area contributed by atoms with E-state index in [1.165, 1.54) is 12.8 Å². The van der Waals surface area contributed by atoms with E-state index in [0.29, 0.717) is 23.5 Å². The average molecular weight is 439 g/mol. The van der Waals surface area contributed by atoms with Gasteiger partial charge >= 0.3 is 0 Å². The highest BCUT2D eigenvalue weighted by Crippen LogP contribution is 2.23. The van der Waals surface area contributed by atoms with Gasteiger partial charge in [0.05, 0.1) is 5.56 Å². The number of carbonyl (C=O) groups is 3. The fourth-order valence-electron chi connectivity index (χ4n) is 5.08. The first-order chi connectivity index (χ1) is 15.6. The average Bonchev–Trinajstić information content (AvgIpc) is 3.31. The number of benzene rings is 1. The van der Waals surface area contributed by atoms with Crippen molar-refractivity contribution in [2.75, 3.05) is 32.7 Å². The molecule has 3 heterocycles. The van der Waals surface area contributed by atoms with E-state index in [0.717, 1.165) is 57.4 Å². The number of likely N-dealkylation sites (N-methyl/N-ethyl adjacent to an activating group) is 1. The summed E-state index contributed by atoms with van der Waals surface area (Å²) in [5.41, 5.74) is 1.17. The number of nitrogens with zero attached hydrogens (tertiary/aromatic N) is 3. The van der Waals surface area contributed by atoms with Gasteiger partial charge in [-0.2, -0.15) is 0 Å². The molecule has 0 saturated carbocycles. The highest BCUT2D eigenvalue weighted by Gasteiger charge is 2.27. The van der Waals surface area contributed by atoms with Crippen LogP contribution in [0.1, 0.15) is 55.8 Å². The maximum absolute atomic E-state index is 13.0. The van der Waals surface area contributed by atoms with Gasteiger partial charge < -0.3 is 14.8 Å². The van der Waals surface area contributed by atoms with Crippen LogP contribution in [-0.4, -0.2) is 70.7 Å². The Hall–Kier alpha value is -2.67. The van der Waals surface area contributed by atoms with Crippen LogP contribution < -0.4 is 5.32 Å². The quantitative estimate of drug-likeness (QED) is 0.533. The van der Waals surface area contributed by atoms with Gasteiger partial charge in [-0.05, 0) is 44.8 Å². The number of aromatic nitrogens is 1. The van der Waals surface area contributed by atoms with Crippen molar-refractivity contribution in [3.8, 4) is 0 Å². The number of rotatable bonds is 7. The van der Waals surface area contributed by atoms with E-state index in [9.17, 15) is 14.4 Å². The molecule has 0 spiro atoms. The second kappa shape index (κ2) is 10.3. The molecule has 0 bridgehead atoms. The van der Waals surface area contributed by atoms with Gasteiger partial charge in [-0.15, -0.1) is 0 Å². The molecule has 172 valence electrons. The van der Waals surface area contributed by atoms with Crippen LogP contribution in [0.2, 0.25) is 0 Å². The standard InChI is InChI=1S/C25H34N4O3/c1-2-27-15-9-10-19(27)16-26-25(32)24(31)21-17-29(22-12-6-5-11-20(21)22)18-23(30)28-13-7-3-4-8-14-28/h5-6,11-12,17,19H,2-4,7-10,13-16,18H2,1H3,(H,26,32)/t19-/m0/s1. The molecule has 2 aliphatic heterocycles. The molecule has 1 N–H and O–H groups in total. The van der Waals surface area contributed by atoms with E-state index in [1.807, 2.05) is 33.7 Å². The zero-order valence-electron chi connectivity index (χ0n) is 19.0. The minimum absolute atomic E-state index is 0.0667. The van der Waals surface area contributed by atoms with Gasteiger partial charge in [-0.3, -0.25) is 19.3 Å². The Bertz CT molecular complexity index is 975. The zero-order chi connectivity index (χ0) is 22.5. The molecule has 7 heteroatoms. The van der Waals surface area contributed by atoms with Crippen molar-refractivity contribution in [1.29, 1.82) is 0 Å². The molecule has 2 aromatic rings. The summed E-state index contributed by atoms with van der Waals surface area (Å²) < 4.78 is 1.82. The van der Waals surface area contributed by atoms with Crippen molar-refractivity contribution >= 4 is 28.5 Å². The Labute approximate surface area is 189 Å². The first-order valence-corrected chi connectivity index (χ1v) is 12.0. The molecule has 0 aliphatic carbocycles. The number of fused-ring (bicyclic) bond motifs is 1. The van der Waals surface area contributed by atoms with Gasteiger partial charge in [0.25, 0.3) is 11.7 Å². The lowest BCUT2D eigenvalue weighted by molar-refractivity contribution is -0.131. The first-order valence-electron chi connectivity index (χ1n) is 12.0. The predicted octanol–water partition coefficient (Wildman–Crippen LogP) is 2.83. The minimum atomic E-state index is -0.574. The lowest BCUT2D eigenvalue weighted by Crippen LogP contribution is -2.42. The topological polar surface area (TPSA) is 74.6 Å². The number of amides is 2. The van der Waals surface area contributed by atoms with Crippen molar-refractivity contribution < 1.29 is 14.4 Å². The van der Waals surface area contributed by atoms with Gasteiger partial charge in [0.2, 0.25) is 5.91 Å². The summed E-state index contributed by atoms with van der Waals surface area (Å²) >= 11 is 0. The Morgan fingerprint density at radius 3 is 2.50 bits per heavy atom. The van der Waals surface area contributed by atoms with Gasteiger partial charge in [-0.25, -0.2) is 0 Å². The minimum Gasteiger partial charge on any atom is -0.348 e. The largest absolute Gasteiger partial charge is 0.348 e. The third kappa shape index (κ3) is 4.88. The highest BCUT2D eigenvalue weighted by molar-refractivity contribution is 6.45. The summed E-state index contributed by atoms with van der Waals surface area (Å²) in [6, 6.07) is 7.79. The molecular weight excluding hydrogens is 404 g/mol. The Balaban J connectivity index is 1.48. The number of hydrogen-bond acceptors (Lipinski definition) is 4. The highest BCUT2D eigenvalue weighted by atomic mass is 16.2. The number of Topliss-reactive ketones (excluding diaryl/α,β-unsaturated/α-hetero) is 1. The van der Waals surface area contributed by atoms with E-state index in [4.69, 9.17) is 0 Å². The molecule has 2 amide bonds. The fourth-order valence-corrected chi connectivity index (χ4v) is 5.08. The van der Waals surface area contributed by atoms with Gasteiger partial charge in [0.1, 0.15) is 6.54 Å². The number of likely N-dealkylation sites (tertiary alicyclic amines) is 2. The third-order valence-corrected chi connectivity index (χ3v) is 6.91. The molecular formula is C25H34N4O3. The maximum atomic E-state index is 13.0. The van der Waals surface area contributed by atoms with Crippen LogP contribution in [0.5, 0.6) is 0 Å². The van der Waals surface area contributed by atoms with Gasteiger partial charge in [0, 0.05) is 42.8 Å². The summed E-state index contributed by atoms with van der Waals surface area (Å²) in [5, 5.41) is 3.56. The maximum Gasteiger partial charge on any atom is 0.292 e. The van der Waals surface area contributed by atoms with E-state index in [-0.39, 0.29) is 12.5 Å². The SMILES string of the molecule is CCN1CCC[C@H]1CNC(=O)C(=O)c1cn(CC(=O)N2CCCCCC2)c2ccccc12. The number of hydrogen-bond donors (Lipinski definition) is 1. The number of nitrogens with one attached hydrogen (secondary N) is 1. The van der Waals surface area contributed by atoms with E-state index >= 15 is 0 Å². The van der Waals surface area contributed by atoms with Crippen LogP contribution in [0, 0.1) is 0 Å². The Morgan fingerprint density at radius 2 is 1.75 bits per heavy atom. The predicted molar refractivity (Wildman–Crippen MR) is 125 cm³/mol. The summed E-state index contributed by atoms with van der Waals surface area (Å²) in [4.78, 5) is 42.9. The van der Waals surface area contributed by atoms with Crippen molar-refractivity contribution in [3.63, 3.8) is 0 Å². The molecule has 0 radical (unpaired) electrons. The summed E-state index contributed by atoms with van der Waals surface area (Å²) in [5.74, 6) is -1.05. The van der Waals surface area contributed by atoms with Gasteiger partial charge in [-0.1, -0.05) is 38.0 Å². The van der Waals surface area contributed by atoms with Crippen LogP contribution >= 0.6 is 0 Å². The van der Waals surface area contributed by atoms with Crippen LogP contribution in [0.3, 0.4) is 0 Å². The molecule has 0 unspecified atom stereocenters. The Kier molecular flexibility index (Phi) is 7.25. The lowest BCUT2D eigenvalue weighted by atomic mass is 10.1. The molecule has 2 saturated heterocycles. The molecule has 7 nitrogen and oxygen atoms in total. The van der Waals surface area contributed by atoms with Crippen LogP contribution in [0.25, 0.3) is 10.9 Å². The summed E-state index contributed by atoms with van der Waals surface area (Å²) in [6.07, 6.45) is 8.26. The zero-order valence-corrected chi connectivity index (χ0v) is 19.0. The lowest BCUT2D eigenvalue weighted by Gasteiger charge is -2.22. The third-order valence-electron chi connectivity index (χ3n) is 6.91. The fraction of sp³-hybridized carbons (Fsp3) is 0.560. The first kappa shape index (κ1) is 22.5. The molecule has 1 aromatic carbocycles. The number of para-hydroxylation sites is 1. The molecule has 2 fully saturated rings. The van der Waals surface area contributed by atoms with E-state index in [1.54, 1.807) is 6.20 Å². The Morgan fingerprint density at radius 1 is 1.00 bits per heavy atom. The molecule has 1 aromatic heterocycles. The second-order valence-electron chi connectivity index (χ2n) is 8.95. The smallest absolute Gasteiger partial charge is 0.292 e. The van der Waals surface area contributed by atoms with Crippen molar-refractivity contribution in [2.24, 2.45) is 0 Å². The number of ketones is 1. The molecule has 2 aliphatic rings. The van der Waals surface area contributed by atoms with Crippen molar-refractivity contribution in [3.05, 3.63) is 36.0 Å². The van der Waals surface area contributed by atoms with Crippen LogP contribution in [0.15, 0.2) is 30.5 Å². The van der Waals surface area contributed by atoms with Crippen LogP contribution in [0.4, 0.5) is 0 Å². The summed E-state index contributed by atoms with van der Waals surface area (Å²) in [6.45, 7) is 6.38. The van der Waals surface area contributed by atoms with Crippen LogP contribution in [-0.2, 0) is 16.1 Å². The normalized spacial score (nSPS) is 19.8. The molecule has 1 atom stereocenters. The van der Waals surface area contributed by atoms with Crippen molar-refractivity contribution in [2.45, 2.75) is 58.0 Å². The van der Waals surface area contributed by atoms with Crippen molar-refractivity contribution in [1.82, 2.24) is 19.7 Å².